The Morgan fingerprint density at radius 2 is 1.65 bits per heavy atom. The monoisotopic (exact) mass is 651 g/mol. The van der Waals surface area contributed by atoms with Crippen molar-refractivity contribution >= 4 is 46.2 Å². The van der Waals surface area contributed by atoms with Crippen LogP contribution < -0.4 is 10.6 Å². The Kier molecular flexibility index (Phi) is 7.97. The summed E-state index contributed by atoms with van der Waals surface area (Å²) in [4.78, 5) is 35.0. The highest BCUT2D eigenvalue weighted by atomic mass is 16.6. The van der Waals surface area contributed by atoms with Gasteiger partial charge in [-0.25, -0.2) is 9.59 Å². The Morgan fingerprint density at radius 1 is 0.918 bits per heavy atom. The van der Waals surface area contributed by atoms with E-state index in [9.17, 15) is 19.7 Å². The van der Waals surface area contributed by atoms with Gasteiger partial charge in [-0.3, -0.25) is 15.1 Å². The number of carbonyl (C=O) groups is 1. The van der Waals surface area contributed by atoms with Gasteiger partial charge in [0.25, 0.3) is 5.69 Å². The first-order valence-corrected chi connectivity index (χ1v) is 15.5. The minimum atomic E-state index is -0.983. The van der Waals surface area contributed by atoms with E-state index in [4.69, 9.17) is 19.0 Å². The lowest BCUT2D eigenvalue weighted by molar-refractivity contribution is -0.384. The number of furan rings is 1. The normalized spacial score (nSPS) is 14.4. The number of non-ortho nitro benzene ring substituents is 1. The van der Waals surface area contributed by atoms with E-state index in [0.29, 0.717) is 40.4 Å². The molecule has 7 rings (SSSR count). The highest BCUT2D eigenvalue weighted by molar-refractivity contribution is 6.01. The van der Waals surface area contributed by atoms with Crippen LogP contribution in [0.2, 0.25) is 0 Å². The molecule has 0 fully saturated rings. The minimum Gasteiger partial charge on any atom is -0.478 e. The molecule has 1 unspecified atom stereocenters. The van der Waals surface area contributed by atoms with Crippen molar-refractivity contribution in [3.63, 3.8) is 0 Å². The summed E-state index contributed by atoms with van der Waals surface area (Å²) in [5.41, 5.74) is 6.61. The van der Waals surface area contributed by atoms with Crippen LogP contribution in [0.4, 0.5) is 11.4 Å². The van der Waals surface area contributed by atoms with E-state index in [1.807, 2.05) is 79.5 Å². The molecule has 1 aliphatic rings. The molecule has 10 nitrogen and oxygen atoms in total. The summed E-state index contributed by atoms with van der Waals surface area (Å²) in [7, 11) is 0. The molecule has 4 aromatic carbocycles. The Bertz CT molecular complexity index is 2350. The molecule has 0 saturated carbocycles. The molecule has 49 heavy (non-hydrogen) atoms. The molecule has 0 amide bonds. The van der Waals surface area contributed by atoms with Crippen molar-refractivity contribution in [3.8, 4) is 11.1 Å². The maximum Gasteiger partial charge on any atom is 0.344 e. The number of aromatic carboxylic acids is 1. The van der Waals surface area contributed by atoms with Crippen LogP contribution >= 0.6 is 0 Å². The fraction of sp³-hybridized carbons (Fsp3) is 0.103. The molecular weight excluding hydrogens is 622 g/mol. The summed E-state index contributed by atoms with van der Waals surface area (Å²) in [5, 5.41) is 28.1. The molecule has 1 aliphatic heterocycles. The molecule has 10 heteroatoms. The average Bonchev–Trinajstić information content (AvgIpc) is 3.76. The predicted octanol–water partition coefficient (Wildman–Crippen LogP) is 8.80. The first-order chi connectivity index (χ1) is 23.6. The van der Waals surface area contributed by atoms with Gasteiger partial charge >= 0.3 is 11.6 Å². The third kappa shape index (κ3) is 6.27. The van der Waals surface area contributed by atoms with Gasteiger partial charge in [0.2, 0.25) is 0 Å². The van der Waals surface area contributed by atoms with Crippen molar-refractivity contribution < 1.29 is 23.7 Å². The molecule has 0 aliphatic carbocycles. The lowest BCUT2D eigenvalue weighted by Crippen LogP contribution is -2.18. The Morgan fingerprint density at radius 3 is 2.35 bits per heavy atom. The zero-order valence-corrected chi connectivity index (χ0v) is 26.5. The Labute approximate surface area is 280 Å². The van der Waals surface area contributed by atoms with E-state index in [0.717, 1.165) is 33.3 Å². The summed E-state index contributed by atoms with van der Waals surface area (Å²) < 4.78 is 11.9. The number of hydrogen-bond acceptors (Lipinski definition) is 8. The van der Waals surface area contributed by atoms with Crippen LogP contribution in [-0.4, -0.2) is 21.7 Å². The molecule has 3 heterocycles. The lowest BCUT2D eigenvalue weighted by Gasteiger charge is -2.24. The highest BCUT2D eigenvalue weighted by Gasteiger charge is 2.31. The average molecular weight is 652 g/mol. The summed E-state index contributed by atoms with van der Waals surface area (Å²) in [6, 6.07) is 29.7. The lowest BCUT2D eigenvalue weighted by atomic mass is 9.99. The van der Waals surface area contributed by atoms with Crippen LogP contribution in [0.3, 0.4) is 0 Å². The number of anilines is 1. The maximum absolute atomic E-state index is 13.0. The zero-order chi connectivity index (χ0) is 34.2. The topological polar surface area (TPSA) is 139 Å². The smallest absolute Gasteiger partial charge is 0.344 e. The van der Waals surface area contributed by atoms with Gasteiger partial charge in [0.1, 0.15) is 17.1 Å². The second-order valence-corrected chi connectivity index (χ2v) is 11.9. The van der Waals surface area contributed by atoms with E-state index in [1.165, 1.54) is 12.1 Å². The highest BCUT2D eigenvalue weighted by Crippen LogP contribution is 2.38. The van der Waals surface area contributed by atoms with Crippen LogP contribution in [0.5, 0.6) is 0 Å². The molecule has 0 bridgehead atoms. The number of carboxylic acid groups (broad SMARTS) is 1. The van der Waals surface area contributed by atoms with Crippen molar-refractivity contribution in [3.05, 3.63) is 163 Å². The standard InChI is InChI=1S/C39H29N3O7/c1-23-19-24(2)37-29(20-23)21-33(39(45)49-37)26-8-12-30(13-9-26)41-35(27-10-14-31(15-11-27)42(46)47)22-34(40-41)36-18-17-32(48-36)16-5-25-3-6-28(7-4-25)38(43)44/h3-21,35H,22H2,1-2H3,(H,43,44)/b16-5+. The van der Waals surface area contributed by atoms with Crippen LogP contribution in [0.1, 0.15) is 56.6 Å². The van der Waals surface area contributed by atoms with E-state index in [1.54, 1.807) is 42.5 Å². The second kappa shape index (κ2) is 12.6. The summed E-state index contributed by atoms with van der Waals surface area (Å²) in [6.45, 7) is 3.92. The SMILES string of the molecule is Cc1cc(C)c2oc(=O)c(-c3ccc(N4N=C(c5ccc(/C=C/c6ccc(C(=O)O)cc6)o5)CC4c4ccc([N+](=O)[O-])cc4)cc3)cc2c1. The van der Waals surface area contributed by atoms with Crippen LogP contribution in [-0.2, 0) is 0 Å². The predicted molar refractivity (Wildman–Crippen MR) is 188 cm³/mol. The Balaban J connectivity index is 1.19. The van der Waals surface area contributed by atoms with Gasteiger partial charge in [0.05, 0.1) is 27.8 Å². The van der Waals surface area contributed by atoms with E-state index < -0.39 is 16.5 Å². The maximum atomic E-state index is 13.0. The number of rotatable bonds is 8. The third-order valence-corrected chi connectivity index (χ3v) is 8.51. The fourth-order valence-electron chi connectivity index (χ4n) is 6.08. The van der Waals surface area contributed by atoms with Crippen molar-refractivity contribution in [2.75, 3.05) is 5.01 Å². The first kappa shape index (κ1) is 31.1. The molecule has 0 spiro atoms. The number of nitro benzene ring substituents is 1. The van der Waals surface area contributed by atoms with Gasteiger partial charge in [-0.1, -0.05) is 54.1 Å². The van der Waals surface area contributed by atoms with Crippen molar-refractivity contribution in [1.29, 1.82) is 0 Å². The van der Waals surface area contributed by atoms with Crippen molar-refractivity contribution in [2.24, 2.45) is 5.10 Å². The van der Waals surface area contributed by atoms with Crippen molar-refractivity contribution in [1.82, 2.24) is 0 Å². The molecule has 2 aromatic heterocycles. The summed E-state index contributed by atoms with van der Waals surface area (Å²) in [5.74, 6) is 0.184. The zero-order valence-electron chi connectivity index (χ0n) is 26.5. The number of carboxylic acids is 1. The van der Waals surface area contributed by atoms with Crippen LogP contribution in [0.15, 0.2) is 122 Å². The molecule has 1 N–H and O–H groups in total. The molecule has 242 valence electrons. The number of hydrogen-bond donors (Lipinski definition) is 1. The molecule has 0 saturated heterocycles. The fourth-order valence-corrected chi connectivity index (χ4v) is 6.08. The van der Waals surface area contributed by atoms with Gasteiger partial charge < -0.3 is 13.9 Å². The van der Waals surface area contributed by atoms with Gasteiger partial charge in [0, 0.05) is 23.9 Å². The van der Waals surface area contributed by atoms with Gasteiger partial charge in [0.15, 0.2) is 5.76 Å². The Hall–Kier alpha value is -6.55. The number of fused-ring (bicyclic) bond motifs is 1. The van der Waals surface area contributed by atoms with Gasteiger partial charge in [-0.2, -0.15) is 5.10 Å². The van der Waals surface area contributed by atoms with E-state index >= 15 is 0 Å². The van der Waals surface area contributed by atoms with Crippen LogP contribution in [0, 0.1) is 24.0 Å². The molecule has 1 atom stereocenters. The van der Waals surface area contributed by atoms with Crippen LogP contribution in [0.25, 0.3) is 34.2 Å². The largest absolute Gasteiger partial charge is 0.478 e. The molecule has 0 radical (unpaired) electrons. The second-order valence-electron chi connectivity index (χ2n) is 11.9. The molecule has 6 aromatic rings. The summed E-state index contributed by atoms with van der Waals surface area (Å²) >= 11 is 0. The van der Waals surface area contributed by atoms with Gasteiger partial charge in [-0.05, 0) is 90.7 Å². The number of aryl methyl sites for hydroxylation is 2. The van der Waals surface area contributed by atoms with E-state index in [-0.39, 0.29) is 17.3 Å². The number of nitro groups is 1. The quantitative estimate of drug-likeness (QED) is 0.0978. The minimum absolute atomic E-state index is 0.00143. The number of benzene rings is 4. The third-order valence-electron chi connectivity index (χ3n) is 8.51. The van der Waals surface area contributed by atoms with Gasteiger partial charge in [-0.15, -0.1) is 0 Å². The number of nitrogens with zero attached hydrogens (tertiary/aromatic N) is 3. The van der Waals surface area contributed by atoms with E-state index in [2.05, 4.69) is 0 Å². The molecular formula is C39H29N3O7. The summed E-state index contributed by atoms with van der Waals surface area (Å²) in [6.07, 6.45) is 4.10. The number of hydrazone groups is 1. The first-order valence-electron chi connectivity index (χ1n) is 15.5. The van der Waals surface area contributed by atoms with Crippen molar-refractivity contribution in [2.45, 2.75) is 26.3 Å².